The lowest BCUT2D eigenvalue weighted by Gasteiger charge is -2.15. The molecule has 1 aliphatic rings. The van der Waals surface area contributed by atoms with Crippen molar-refractivity contribution in [2.75, 3.05) is 5.32 Å². The van der Waals surface area contributed by atoms with Gasteiger partial charge in [0.1, 0.15) is 17.1 Å². The number of halogens is 4. The highest BCUT2D eigenvalue weighted by atomic mass is 32.1. The fraction of sp³-hybridized carbons (Fsp3) is 0.300. The molecule has 0 aliphatic heterocycles. The first-order valence-electron chi connectivity index (χ1n) is 9.01. The van der Waals surface area contributed by atoms with E-state index in [2.05, 4.69) is 15.0 Å². The topological polar surface area (TPSA) is 51.2 Å². The van der Waals surface area contributed by atoms with Crippen LogP contribution in [-0.2, 0) is 0 Å². The van der Waals surface area contributed by atoms with Gasteiger partial charge in [-0.3, -0.25) is 4.79 Å². The van der Waals surface area contributed by atoms with Crippen molar-refractivity contribution in [1.29, 1.82) is 0 Å². The molecule has 0 radical (unpaired) electrons. The first-order valence-corrected chi connectivity index (χ1v) is 9.82. The monoisotopic (exact) mass is 424 g/mol. The first-order chi connectivity index (χ1) is 13.8. The summed E-state index contributed by atoms with van der Waals surface area (Å²) in [6, 6.07) is 10.1. The summed E-state index contributed by atoms with van der Waals surface area (Å²) < 4.78 is 56.3. The normalized spacial score (nSPS) is 19.4. The van der Waals surface area contributed by atoms with E-state index in [4.69, 9.17) is 0 Å². The number of Topliss-reactive ketones (excluding diaryl/α,β-unsaturated/α-hetero) is 1. The van der Waals surface area contributed by atoms with Crippen molar-refractivity contribution in [2.45, 2.75) is 31.7 Å². The van der Waals surface area contributed by atoms with E-state index in [1.165, 1.54) is 35.6 Å². The molecule has 4 nitrogen and oxygen atoms in total. The zero-order valence-corrected chi connectivity index (χ0v) is 15.8. The van der Waals surface area contributed by atoms with Crippen molar-refractivity contribution in [3.05, 3.63) is 53.8 Å². The second kappa shape index (κ2) is 7.62. The summed E-state index contributed by atoms with van der Waals surface area (Å²) in [5.41, 5.74) is 0.224. The highest BCUT2D eigenvalue weighted by Gasteiger charge is 2.36. The van der Waals surface area contributed by atoms with Crippen molar-refractivity contribution in [3.63, 3.8) is 0 Å². The predicted octanol–water partition coefficient (Wildman–Crippen LogP) is 5.80. The molecule has 152 valence electrons. The van der Waals surface area contributed by atoms with Crippen LogP contribution in [0.25, 0.3) is 10.2 Å². The number of nitrogens with zero attached hydrogens (tertiary/aromatic N) is 1. The van der Waals surface area contributed by atoms with Gasteiger partial charge in [0.15, 0.2) is 10.9 Å². The number of thiazole rings is 1. The highest BCUT2D eigenvalue weighted by molar-refractivity contribution is 7.22. The third kappa shape index (κ3) is 4.34. The molecule has 1 fully saturated rings. The fourth-order valence-corrected chi connectivity index (χ4v) is 4.56. The Bertz CT molecular complexity index is 1050. The molecule has 1 unspecified atom stereocenters. The summed E-state index contributed by atoms with van der Waals surface area (Å²) in [7, 11) is 0. The van der Waals surface area contributed by atoms with Gasteiger partial charge in [0, 0.05) is 12.0 Å². The second-order valence-corrected chi connectivity index (χ2v) is 7.90. The molecule has 0 saturated heterocycles. The summed E-state index contributed by atoms with van der Waals surface area (Å²) in [5, 5.41) is 3.78. The lowest BCUT2D eigenvalue weighted by atomic mass is 9.95. The summed E-state index contributed by atoms with van der Waals surface area (Å²) in [5.74, 6) is -1.67. The van der Waals surface area contributed by atoms with Crippen molar-refractivity contribution in [3.8, 4) is 5.75 Å². The van der Waals surface area contributed by atoms with Gasteiger partial charge < -0.3 is 10.1 Å². The van der Waals surface area contributed by atoms with Crippen LogP contribution in [0.2, 0.25) is 0 Å². The lowest BCUT2D eigenvalue weighted by Crippen LogP contribution is -2.21. The molecule has 29 heavy (non-hydrogen) atoms. The zero-order valence-electron chi connectivity index (χ0n) is 15.0. The van der Waals surface area contributed by atoms with Gasteiger partial charge in [0.05, 0.1) is 10.3 Å². The molecule has 1 N–H and O–H groups in total. The van der Waals surface area contributed by atoms with Gasteiger partial charge in [-0.25, -0.2) is 9.37 Å². The number of ketones is 1. The molecular formula is C20H16F4N2O2S. The lowest BCUT2D eigenvalue weighted by molar-refractivity contribution is -0.274. The van der Waals surface area contributed by atoms with Gasteiger partial charge in [-0.15, -0.1) is 13.2 Å². The van der Waals surface area contributed by atoms with Gasteiger partial charge >= 0.3 is 6.36 Å². The van der Waals surface area contributed by atoms with Crippen LogP contribution >= 0.6 is 11.3 Å². The average molecular weight is 424 g/mol. The van der Waals surface area contributed by atoms with Gasteiger partial charge in [-0.05, 0) is 43.5 Å². The van der Waals surface area contributed by atoms with Crippen molar-refractivity contribution >= 4 is 32.5 Å². The van der Waals surface area contributed by atoms with Crippen LogP contribution in [0, 0.1) is 11.7 Å². The van der Waals surface area contributed by atoms with E-state index in [-0.39, 0.29) is 17.4 Å². The molecule has 1 heterocycles. The Labute approximate surface area is 167 Å². The van der Waals surface area contributed by atoms with Gasteiger partial charge in [-0.2, -0.15) is 0 Å². The van der Waals surface area contributed by atoms with Crippen molar-refractivity contribution in [1.82, 2.24) is 4.98 Å². The molecule has 1 saturated carbocycles. The van der Waals surface area contributed by atoms with Crippen molar-refractivity contribution in [2.24, 2.45) is 5.92 Å². The van der Waals surface area contributed by atoms with E-state index in [1.807, 2.05) is 0 Å². The second-order valence-electron chi connectivity index (χ2n) is 6.87. The molecule has 3 aromatic rings. The number of para-hydroxylation sites is 2. The molecule has 0 spiro atoms. The third-order valence-corrected chi connectivity index (χ3v) is 5.83. The minimum absolute atomic E-state index is 0.0664. The molecule has 1 aliphatic carbocycles. The van der Waals surface area contributed by atoms with Gasteiger partial charge in [-0.1, -0.05) is 29.5 Å². The van der Waals surface area contributed by atoms with E-state index < -0.39 is 23.8 Å². The minimum atomic E-state index is -4.86. The smallest absolute Gasteiger partial charge is 0.405 e. The van der Waals surface area contributed by atoms with E-state index in [0.717, 1.165) is 10.8 Å². The number of anilines is 1. The van der Waals surface area contributed by atoms with Crippen LogP contribution in [0.4, 0.5) is 22.7 Å². The van der Waals surface area contributed by atoms with E-state index in [9.17, 15) is 22.4 Å². The number of carbonyl (C=O) groups excluding carboxylic acids is 1. The number of carbonyl (C=O) groups is 1. The Hall–Kier alpha value is -2.68. The maximum absolute atomic E-state index is 13.8. The highest BCUT2D eigenvalue weighted by Crippen LogP contribution is 2.36. The van der Waals surface area contributed by atoms with Crippen LogP contribution in [0.15, 0.2) is 42.5 Å². The first kappa shape index (κ1) is 19.6. The molecular weight excluding hydrogens is 408 g/mol. The summed E-state index contributed by atoms with van der Waals surface area (Å²) in [6.07, 6.45) is -3.21. The molecule has 9 heteroatoms. The SMILES string of the molecule is O=C(c1ccccc1OC(F)(F)F)C1CC[C@@H](Nc2nc3c(F)cccc3s2)C1. The molecule has 1 aromatic heterocycles. The minimum Gasteiger partial charge on any atom is -0.405 e. The predicted molar refractivity (Wildman–Crippen MR) is 102 cm³/mol. The Morgan fingerprint density at radius 3 is 2.69 bits per heavy atom. The number of aromatic nitrogens is 1. The standard InChI is InChI=1S/C20H16F4N2O2S/c21-14-5-3-7-16-17(14)26-19(29-16)25-12-9-8-11(10-12)18(27)13-4-1-2-6-15(13)28-20(22,23)24/h1-7,11-12H,8-10H2,(H,25,26)/t11?,12-/m1/s1. The summed E-state index contributed by atoms with van der Waals surface area (Å²) in [6.45, 7) is 0. The molecule has 0 amide bonds. The number of hydrogen-bond donors (Lipinski definition) is 1. The molecule has 2 aromatic carbocycles. The molecule has 2 atom stereocenters. The van der Waals surface area contributed by atoms with Crippen molar-refractivity contribution < 1.29 is 27.1 Å². The van der Waals surface area contributed by atoms with Crippen LogP contribution in [-0.4, -0.2) is 23.2 Å². The number of ether oxygens (including phenoxy) is 1. The van der Waals surface area contributed by atoms with E-state index >= 15 is 0 Å². The Kier molecular flexibility index (Phi) is 5.16. The van der Waals surface area contributed by atoms with Gasteiger partial charge in [0.25, 0.3) is 0 Å². The number of benzene rings is 2. The average Bonchev–Trinajstić information content (AvgIpc) is 3.28. The maximum Gasteiger partial charge on any atom is 0.573 e. The number of fused-ring (bicyclic) bond motifs is 1. The quantitative estimate of drug-likeness (QED) is 0.416. The van der Waals surface area contributed by atoms with E-state index in [1.54, 1.807) is 12.1 Å². The number of nitrogens with one attached hydrogen (secondary N) is 1. The Balaban J connectivity index is 1.46. The fourth-order valence-electron chi connectivity index (χ4n) is 3.61. The van der Waals surface area contributed by atoms with E-state index in [0.29, 0.717) is 29.9 Å². The molecule has 4 rings (SSSR count). The molecule has 0 bridgehead atoms. The Morgan fingerprint density at radius 2 is 1.93 bits per heavy atom. The summed E-state index contributed by atoms with van der Waals surface area (Å²) >= 11 is 1.32. The maximum atomic E-state index is 13.8. The van der Waals surface area contributed by atoms with Crippen LogP contribution in [0.3, 0.4) is 0 Å². The Morgan fingerprint density at radius 1 is 1.14 bits per heavy atom. The van der Waals surface area contributed by atoms with Crippen LogP contribution < -0.4 is 10.1 Å². The number of hydrogen-bond acceptors (Lipinski definition) is 5. The third-order valence-electron chi connectivity index (χ3n) is 4.88. The largest absolute Gasteiger partial charge is 0.573 e. The van der Waals surface area contributed by atoms with Crippen LogP contribution in [0.5, 0.6) is 5.75 Å². The van der Waals surface area contributed by atoms with Gasteiger partial charge in [0.2, 0.25) is 0 Å². The number of alkyl halides is 3. The zero-order chi connectivity index (χ0) is 20.6. The van der Waals surface area contributed by atoms with Crippen LogP contribution in [0.1, 0.15) is 29.6 Å². The summed E-state index contributed by atoms with van der Waals surface area (Å²) in [4.78, 5) is 17.1. The number of rotatable bonds is 5.